The molecule has 5 heteroatoms. The highest BCUT2D eigenvalue weighted by Gasteiger charge is 2.06. The Hall–Kier alpha value is -2.17. The van der Waals surface area contributed by atoms with Gasteiger partial charge in [-0.25, -0.2) is 0 Å². The van der Waals surface area contributed by atoms with Crippen LogP contribution < -0.4 is 5.32 Å². The minimum absolute atomic E-state index is 0.179. The van der Waals surface area contributed by atoms with Crippen LogP contribution in [-0.4, -0.2) is 20.7 Å². The van der Waals surface area contributed by atoms with Crippen molar-refractivity contribution < 1.29 is 4.79 Å². The summed E-state index contributed by atoms with van der Waals surface area (Å²) in [4.78, 5) is 15.6. The number of nitrogens with zero attached hydrogens (tertiary/aromatic N) is 3. The summed E-state index contributed by atoms with van der Waals surface area (Å²) in [5, 5.41) is 6.80. The van der Waals surface area contributed by atoms with Crippen molar-refractivity contribution in [1.29, 1.82) is 0 Å². The predicted octanol–water partition coefficient (Wildman–Crippen LogP) is 0.745. The van der Waals surface area contributed by atoms with Crippen LogP contribution >= 0.6 is 0 Å². The zero-order valence-electron chi connectivity index (χ0n) is 8.92. The Morgan fingerprint density at radius 1 is 1.38 bits per heavy atom. The number of carbonyl (C=O) groups is 1. The number of aromatic nitrogens is 3. The molecule has 0 aliphatic heterocycles. The molecule has 2 aromatic heterocycles. The van der Waals surface area contributed by atoms with Crippen molar-refractivity contribution in [2.24, 2.45) is 7.05 Å². The van der Waals surface area contributed by atoms with Crippen LogP contribution in [0.2, 0.25) is 0 Å². The van der Waals surface area contributed by atoms with Gasteiger partial charge >= 0.3 is 0 Å². The zero-order valence-corrected chi connectivity index (χ0v) is 8.92. The van der Waals surface area contributed by atoms with Crippen molar-refractivity contribution in [3.8, 4) is 0 Å². The van der Waals surface area contributed by atoms with E-state index < -0.39 is 0 Å². The first-order valence-corrected chi connectivity index (χ1v) is 4.93. The molecule has 1 N–H and O–H groups in total. The molecule has 0 fully saturated rings. The molecule has 82 valence electrons. The Kier molecular flexibility index (Phi) is 2.95. The van der Waals surface area contributed by atoms with Crippen LogP contribution in [0.3, 0.4) is 0 Å². The van der Waals surface area contributed by atoms with Gasteiger partial charge in [0, 0.05) is 19.4 Å². The van der Waals surface area contributed by atoms with Gasteiger partial charge in [-0.1, -0.05) is 6.07 Å². The predicted molar refractivity (Wildman–Crippen MR) is 58.6 cm³/mol. The molecule has 0 bridgehead atoms. The zero-order chi connectivity index (χ0) is 11.4. The fraction of sp³-hybridized carbons (Fsp3) is 0.182. The summed E-state index contributed by atoms with van der Waals surface area (Å²) < 4.78 is 1.72. The second-order valence-electron chi connectivity index (χ2n) is 3.34. The van der Waals surface area contributed by atoms with Crippen LogP contribution in [0.4, 0.5) is 0 Å². The Labute approximate surface area is 93.1 Å². The standard InChI is InChI=1S/C11H12N4O/c1-15-9(5-7-14-15)8-13-11(16)10-4-2-3-6-12-10/h2-7H,8H2,1H3,(H,13,16). The highest BCUT2D eigenvalue weighted by atomic mass is 16.1. The Morgan fingerprint density at radius 2 is 2.25 bits per heavy atom. The molecule has 5 nitrogen and oxygen atoms in total. The number of hydrogen-bond acceptors (Lipinski definition) is 3. The molecule has 0 unspecified atom stereocenters. The second-order valence-corrected chi connectivity index (χ2v) is 3.34. The minimum atomic E-state index is -0.179. The average molecular weight is 216 g/mol. The maximum absolute atomic E-state index is 11.6. The molecule has 0 spiro atoms. The van der Waals surface area contributed by atoms with Crippen LogP contribution in [0.25, 0.3) is 0 Å². The molecule has 0 aromatic carbocycles. The third kappa shape index (κ3) is 2.25. The van der Waals surface area contributed by atoms with Gasteiger partial charge < -0.3 is 5.32 Å². The molecule has 0 aliphatic carbocycles. The normalized spacial score (nSPS) is 10.1. The van der Waals surface area contributed by atoms with E-state index in [9.17, 15) is 4.79 Å². The molecule has 2 aromatic rings. The summed E-state index contributed by atoms with van der Waals surface area (Å²) in [6, 6.07) is 7.10. The average Bonchev–Trinajstić information content (AvgIpc) is 2.73. The van der Waals surface area contributed by atoms with Gasteiger partial charge in [-0.3, -0.25) is 14.5 Å². The number of hydrogen-bond donors (Lipinski definition) is 1. The maximum Gasteiger partial charge on any atom is 0.270 e. The molecular weight excluding hydrogens is 204 g/mol. The van der Waals surface area contributed by atoms with E-state index in [2.05, 4.69) is 15.4 Å². The quantitative estimate of drug-likeness (QED) is 0.823. The fourth-order valence-corrected chi connectivity index (χ4v) is 1.33. The van der Waals surface area contributed by atoms with Gasteiger partial charge in [0.05, 0.1) is 12.2 Å². The van der Waals surface area contributed by atoms with E-state index in [-0.39, 0.29) is 5.91 Å². The molecular formula is C11H12N4O. The minimum Gasteiger partial charge on any atom is -0.345 e. The van der Waals surface area contributed by atoms with Crippen LogP contribution in [0.15, 0.2) is 36.7 Å². The second kappa shape index (κ2) is 4.57. The van der Waals surface area contributed by atoms with Gasteiger partial charge in [-0.15, -0.1) is 0 Å². The molecule has 2 rings (SSSR count). The van der Waals surface area contributed by atoms with E-state index in [4.69, 9.17) is 0 Å². The summed E-state index contributed by atoms with van der Waals surface area (Å²) in [6.07, 6.45) is 3.29. The third-order valence-corrected chi connectivity index (χ3v) is 2.25. The van der Waals surface area contributed by atoms with Crippen molar-refractivity contribution in [3.05, 3.63) is 48.0 Å². The maximum atomic E-state index is 11.6. The third-order valence-electron chi connectivity index (χ3n) is 2.25. The van der Waals surface area contributed by atoms with Gasteiger partial charge in [0.1, 0.15) is 5.69 Å². The Balaban J connectivity index is 1.97. The van der Waals surface area contributed by atoms with Crippen molar-refractivity contribution in [2.75, 3.05) is 0 Å². The molecule has 2 heterocycles. The highest BCUT2D eigenvalue weighted by Crippen LogP contribution is 1.97. The molecule has 16 heavy (non-hydrogen) atoms. The lowest BCUT2D eigenvalue weighted by Gasteiger charge is -2.04. The summed E-state index contributed by atoms with van der Waals surface area (Å²) in [5.74, 6) is -0.179. The van der Waals surface area contributed by atoms with Crippen molar-refractivity contribution in [2.45, 2.75) is 6.54 Å². The Morgan fingerprint density at radius 3 is 2.88 bits per heavy atom. The number of aryl methyl sites for hydroxylation is 1. The summed E-state index contributed by atoms with van der Waals surface area (Å²) >= 11 is 0. The molecule has 0 saturated heterocycles. The van der Waals surface area contributed by atoms with Gasteiger partial charge in [-0.05, 0) is 18.2 Å². The monoisotopic (exact) mass is 216 g/mol. The lowest BCUT2D eigenvalue weighted by Crippen LogP contribution is -2.24. The Bertz CT molecular complexity index is 478. The van der Waals surface area contributed by atoms with Crippen molar-refractivity contribution >= 4 is 5.91 Å². The van der Waals surface area contributed by atoms with E-state index in [1.165, 1.54) is 0 Å². The van der Waals surface area contributed by atoms with Gasteiger partial charge in [0.2, 0.25) is 0 Å². The first-order chi connectivity index (χ1) is 7.77. The lowest BCUT2D eigenvalue weighted by atomic mass is 10.3. The first-order valence-electron chi connectivity index (χ1n) is 4.93. The number of rotatable bonds is 3. The number of pyridine rings is 1. The van der Waals surface area contributed by atoms with Gasteiger partial charge in [-0.2, -0.15) is 5.10 Å². The smallest absolute Gasteiger partial charge is 0.270 e. The fourth-order valence-electron chi connectivity index (χ4n) is 1.33. The van der Waals surface area contributed by atoms with Crippen LogP contribution in [0, 0.1) is 0 Å². The SMILES string of the molecule is Cn1nccc1CNC(=O)c1ccccn1. The van der Waals surface area contributed by atoms with E-state index in [1.54, 1.807) is 35.3 Å². The molecule has 1 amide bonds. The van der Waals surface area contributed by atoms with Gasteiger partial charge in [0.15, 0.2) is 0 Å². The van der Waals surface area contributed by atoms with Crippen LogP contribution in [0.1, 0.15) is 16.2 Å². The van der Waals surface area contributed by atoms with Crippen LogP contribution in [0.5, 0.6) is 0 Å². The summed E-state index contributed by atoms with van der Waals surface area (Å²) in [5.41, 5.74) is 1.37. The number of carbonyl (C=O) groups excluding carboxylic acids is 1. The number of amides is 1. The van der Waals surface area contributed by atoms with E-state index in [0.29, 0.717) is 12.2 Å². The van der Waals surface area contributed by atoms with Crippen molar-refractivity contribution in [1.82, 2.24) is 20.1 Å². The lowest BCUT2D eigenvalue weighted by molar-refractivity contribution is 0.0945. The van der Waals surface area contributed by atoms with E-state index in [1.807, 2.05) is 13.1 Å². The topological polar surface area (TPSA) is 59.8 Å². The van der Waals surface area contributed by atoms with Crippen molar-refractivity contribution in [3.63, 3.8) is 0 Å². The summed E-state index contributed by atoms with van der Waals surface area (Å²) in [6.45, 7) is 0.450. The molecule has 0 atom stereocenters. The van der Waals surface area contributed by atoms with Crippen LogP contribution in [-0.2, 0) is 13.6 Å². The largest absolute Gasteiger partial charge is 0.345 e. The molecule has 0 saturated carbocycles. The summed E-state index contributed by atoms with van der Waals surface area (Å²) in [7, 11) is 1.84. The molecule has 0 radical (unpaired) electrons. The molecule has 0 aliphatic rings. The first kappa shape index (κ1) is 10.4. The highest BCUT2D eigenvalue weighted by molar-refractivity contribution is 5.92. The number of nitrogens with one attached hydrogen (secondary N) is 1. The van der Waals surface area contributed by atoms with E-state index in [0.717, 1.165) is 5.69 Å². The van der Waals surface area contributed by atoms with E-state index >= 15 is 0 Å². The van der Waals surface area contributed by atoms with Gasteiger partial charge in [0.25, 0.3) is 5.91 Å².